The Balaban J connectivity index is 2.22. The Morgan fingerprint density at radius 1 is 1.47 bits per heavy atom. The molecule has 2 atom stereocenters. The monoisotopic (exact) mass is 214 g/mol. The van der Waals surface area contributed by atoms with Crippen LogP contribution in [0.1, 0.15) is 40.0 Å². The van der Waals surface area contributed by atoms with Gasteiger partial charge in [0, 0.05) is 12.6 Å². The molecule has 1 saturated carbocycles. The minimum absolute atomic E-state index is 0.236. The van der Waals surface area contributed by atoms with Crippen molar-refractivity contribution in [1.29, 1.82) is 0 Å². The number of rotatable bonds is 2. The van der Waals surface area contributed by atoms with Gasteiger partial charge in [0.25, 0.3) is 0 Å². The molecule has 0 radical (unpaired) electrons. The van der Waals surface area contributed by atoms with Gasteiger partial charge in [-0.05, 0) is 39.5 Å². The summed E-state index contributed by atoms with van der Waals surface area (Å²) in [4.78, 5) is 11.3. The molecule has 1 fully saturated rings. The summed E-state index contributed by atoms with van der Waals surface area (Å²) in [5.41, 5.74) is 5.47. The van der Waals surface area contributed by atoms with Crippen molar-refractivity contribution >= 4 is 6.09 Å². The van der Waals surface area contributed by atoms with Crippen LogP contribution in [0.5, 0.6) is 0 Å². The topological polar surface area (TPSA) is 64.3 Å². The van der Waals surface area contributed by atoms with E-state index in [1.807, 2.05) is 20.8 Å². The van der Waals surface area contributed by atoms with Gasteiger partial charge in [-0.1, -0.05) is 6.42 Å². The normalized spacial score (nSPS) is 26.4. The summed E-state index contributed by atoms with van der Waals surface area (Å²) in [6, 6.07) is 0.236. The van der Waals surface area contributed by atoms with Crippen molar-refractivity contribution in [3.8, 4) is 0 Å². The molecule has 1 rings (SSSR count). The number of carbonyl (C=O) groups excluding carboxylic acids is 1. The van der Waals surface area contributed by atoms with Crippen molar-refractivity contribution in [2.75, 3.05) is 6.54 Å². The van der Waals surface area contributed by atoms with Crippen LogP contribution in [0.25, 0.3) is 0 Å². The molecule has 0 spiro atoms. The fourth-order valence-corrected chi connectivity index (χ4v) is 1.85. The van der Waals surface area contributed by atoms with E-state index < -0.39 is 5.60 Å². The zero-order valence-electron chi connectivity index (χ0n) is 9.88. The molecule has 0 bridgehead atoms. The van der Waals surface area contributed by atoms with E-state index in [-0.39, 0.29) is 12.1 Å². The van der Waals surface area contributed by atoms with Crippen molar-refractivity contribution in [3.05, 3.63) is 0 Å². The van der Waals surface area contributed by atoms with E-state index in [4.69, 9.17) is 10.5 Å². The van der Waals surface area contributed by atoms with Crippen molar-refractivity contribution in [3.63, 3.8) is 0 Å². The lowest BCUT2D eigenvalue weighted by Gasteiger charge is -2.21. The summed E-state index contributed by atoms with van der Waals surface area (Å²) in [7, 11) is 0. The SMILES string of the molecule is CC(C)(C)OC(=O)NC[C@@H]1CCC[C@H]1N. The minimum atomic E-state index is -0.429. The maximum absolute atomic E-state index is 11.3. The number of alkyl carbamates (subject to hydrolysis) is 1. The molecule has 0 unspecified atom stereocenters. The molecule has 0 aliphatic heterocycles. The van der Waals surface area contributed by atoms with Crippen LogP contribution >= 0.6 is 0 Å². The Labute approximate surface area is 91.5 Å². The van der Waals surface area contributed by atoms with Gasteiger partial charge >= 0.3 is 6.09 Å². The number of nitrogens with one attached hydrogen (secondary N) is 1. The van der Waals surface area contributed by atoms with Crippen LogP contribution < -0.4 is 11.1 Å². The van der Waals surface area contributed by atoms with Crippen LogP contribution in [0.3, 0.4) is 0 Å². The third-order valence-corrected chi connectivity index (χ3v) is 2.63. The minimum Gasteiger partial charge on any atom is -0.444 e. The Morgan fingerprint density at radius 3 is 2.60 bits per heavy atom. The Hall–Kier alpha value is -0.770. The van der Waals surface area contributed by atoms with Crippen LogP contribution in [-0.2, 0) is 4.74 Å². The van der Waals surface area contributed by atoms with E-state index in [2.05, 4.69) is 5.32 Å². The van der Waals surface area contributed by atoms with E-state index in [1.165, 1.54) is 6.42 Å². The van der Waals surface area contributed by atoms with Gasteiger partial charge in [-0.25, -0.2) is 4.79 Å². The molecular weight excluding hydrogens is 192 g/mol. The van der Waals surface area contributed by atoms with Crippen LogP contribution in [-0.4, -0.2) is 24.3 Å². The second-order valence-corrected chi connectivity index (χ2v) is 5.24. The fraction of sp³-hybridized carbons (Fsp3) is 0.909. The molecule has 0 aromatic heterocycles. The average molecular weight is 214 g/mol. The molecule has 88 valence electrons. The first kappa shape index (κ1) is 12.3. The molecular formula is C11H22N2O2. The highest BCUT2D eigenvalue weighted by Gasteiger charge is 2.25. The maximum atomic E-state index is 11.3. The third kappa shape index (κ3) is 4.51. The van der Waals surface area contributed by atoms with Gasteiger partial charge in [-0.15, -0.1) is 0 Å². The molecule has 1 aliphatic rings. The van der Waals surface area contributed by atoms with E-state index in [9.17, 15) is 4.79 Å². The van der Waals surface area contributed by atoms with Crippen LogP contribution in [0.4, 0.5) is 4.79 Å². The molecule has 0 aromatic carbocycles. The number of hydrogen-bond donors (Lipinski definition) is 2. The van der Waals surface area contributed by atoms with Crippen LogP contribution in [0.2, 0.25) is 0 Å². The second kappa shape index (κ2) is 4.84. The smallest absolute Gasteiger partial charge is 0.407 e. The zero-order chi connectivity index (χ0) is 11.5. The molecule has 0 heterocycles. The van der Waals surface area contributed by atoms with Gasteiger partial charge in [-0.3, -0.25) is 0 Å². The van der Waals surface area contributed by atoms with Gasteiger partial charge in [0.15, 0.2) is 0 Å². The molecule has 3 N–H and O–H groups in total. The van der Waals surface area contributed by atoms with E-state index in [0.717, 1.165) is 12.8 Å². The van der Waals surface area contributed by atoms with Gasteiger partial charge < -0.3 is 15.8 Å². The first-order valence-corrected chi connectivity index (χ1v) is 5.61. The molecule has 4 heteroatoms. The highest BCUT2D eigenvalue weighted by Crippen LogP contribution is 2.23. The first-order chi connectivity index (χ1) is 6.88. The van der Waals surface area contributed by atoms with Crippen molar-refractivity contribution < 1.29 is 9.53 Å². The Morgan fingerprint density at radius 2 is 2.13 bits per heavy atom. The summed E-state index contributed by atoms with van der Waals surface area (Å²) in [6.07, 6.45) is 3.00. The number of nitrogens with two attached hydrogens (primary N) is 1. The molecule has 1 aliphatic carbocycles. The summed E-state index contributed by atoms with van der Waals surface area (Å²) in [5, 5.41) is 2.77. The molecule has 4 nitrogen and oxygen atoms in total. The quantitative estimate of drug-likeness (QED) is 0.734. The average Bonchev–Trinajstić information content (AvgIpc) is 2.44. The first-order valence-electron chi connectivity index (χ1n) is 5.61. The summed E-state index contributed by atoms with van der Waals surface area (Å²) < 4.78 is 5.14. The van der Waals surface area contributed by atoms with Crippen molar-refractivity contribution in [1.82, 2.24) is 5.32 Å². The highest BCUT2D eigenvalue weighted by atomic mass is 16.6. The predicted octanol–water partition coefficient (Wildman–Crippen LogP) is 1.64. The molecule has 15 heavy (non-hydrogen) atoms. The lowest BCUT2D eigenvalue weighted by Crippen LogP contribution is -2.38. The second-order valence-electron chi connectivity index (χ2n) is 5.24. The predicted molar refractivity (Wildman–Crippen MR) is 59.6 cm³/mol. The number of ether oxygens (including phenoxy) is 1. The summed E-state index contributed by atoms with van der Waals surface area (Å²) >= 11 is 0. The summed E-state index contributed by atoms with van der Waals surface area (Å²) in [6.45, 7) is 6.20. The van der Waals surface area contributed by atoms with E-state index in [1.54, 1.807) is 0 Å². The fourth-order valence-electron chi connectivity index (χ4n) is 1.85. The van der Waals surface area contributed by atoms with Crippen molar-refractivity contribution in [2.24, 2.45) is 11.7 Å². The van der Waals surface area contributed by atoms with Gasteiger partial charge in [0.2, 0.25) is 0 Å². The van der Waals surface area contributed by atoms with E-state index >= 15 is 0 Å². The molecule has 1 amide bonds. The molecule has 0 aromatic rings. The Bertz CT molecular complexity index is 223. The van der Waals surface area contributed by atoms with Crippen LogP contribution in [0.15, 0.2) is 0 Å². The lowest BCUT2D eigenvalue weighted by atomic mass is 10.1. The van der Waals surface area contributed by atoms with Crippen molar-refractivity contribution in [2.45, 2.75) is 51.7 Å². The standard InChI is InChI=1S/C11H22N2O2/c1-11(2,3)15-10(14)13-7-8-5-4-6-9(8)12/h8-9H,4-7,12H2,1-3H3,(H,13,14)/t8-,9+/m0/s1. The van der Waals surface area contributed by atoms with Gasteiger partial charge in [-0.2, -0.15) is 0 Å². The van der Waals surface area contributed by atoms with E-state index in [0.29, 0.717) is 12.5 Å². The third-order valence-electron chi connectivity index (χ3n) is 2.63. The number of carbonyl (C=O) groups is 1. The number of amides is 1. The van der Waals surface area contributed by atoms with Gasteiger partial charge in [0.05, 0.1) is 0 Å². The zero-order valence-corrected chi connectivity index (χ0v) is 9.88. The lowest BCUT2D eigenvalue weighted by molar-refractivity contribution is 0.0518. The highest BCUT2D eigenvalue weighted by molar-refractivity contribution is 5.67. The van der Waals surface area contributed by atoms with Gasteiger partial charge in [0.1, 0.15) is 5.60 Å². The Kier molecular flexibility index (Phi) is 3.97. The van der Waals surface area contributed by atoms with Crippen LogP contribution in [0, 0.1) is 5.92 Å². The summed E-state index contributed by atoms with van der Waals surface area (Å²) in [5.74, 6) is 0.414. The number of hydrogen-bond acceptors (Lipinski definition) is 3. The largest absolute Gasteiger partial charge is 0.444 e. The maximum Gasteiger partial charge on any atom is 0.407 e. The molecule has 0 saturated heterocycles.